The van der Waals surface area contributed by atoms with Crippen molar-refractivity contribution in [1.29, 1.82) is 0 Å². The lowest BCUT2D eigenvalue weighted by molar-refractivity contribution is -0.137. The predicted octanol–water partition coefficient (Wildman–Crippen LogP) is 5.59. The number of ether oxygens (including phenoxy) is 1. The number of amides is 1. The van der Waals surface area contributed by atoms with E-state index in [-0.39, 0.29) is 17.7 Å². The van der Waals surface area contributed by atoms with Crippen LogP contribution in [0.15, 0.2) is 55.0 Å². The van der Waals surface area contributed by atoms with Crippen molar-refractivity contribution in [3.63, 3.8) is 0 Å². The smallest absolute Gasteiger partial charge is 0.295 e. The number of anilines is 1. The van der Waals surface area contributed by atoms with E-state index in [0.717, 1.165) is 53.8 Å². The van der Waals surface area contributed by atoms with Gasteiger partial charge in [0.2, 0.25) is 5.91 Å². The van der Waals surface area contributed by atoms with Crippen LogP contribution < -0.4 is 4.90 Å². The molecule has 4 aromatic rings. The van der Waals surface area contributed by atoms with Gasteiger partial charge in [-0.15, -0.1) is 5.10 Å². The van der Waals surface area contributed by atoms with Crippen LogP contribution in [0.2, 0.25) is 0 Å². The second kappa shape index (κ2) is 11.4. The second-order valence-electron chi connectivity index (χ2n) is 11.1. The Balaban J connectivity index is 1.46. The first-order valence-electron chi connectivity index (χ1n) is 13.7. The molecule has 1 unspecified atom stereocenters. The number of aryl methyl sites for hydroxylation is 1. The molecule has 1 aromatic carbocycles. The van der Waals surface area contributed by atoms with Crippen molar-refractivity contribution in [3.05, 3.63) is 60.6 Å². The second-order valence-corrected chi connectivity index (χ2v) is 11.1. The fourth-order valence-corrected chi connectivity index (χ4v) is 5.35. The lowest BCUT2D eigenvalue weighted by Crippen LogP contribution is -2.47. The number of hydrogen-bond acceptors (Lipinski definition) is 6. The number of aromatic nitrogens is 5. The fraction of sp³-hybridized carbons (Fsp3) is 0.433. The first kappa shape index (κ1) is 26.6. The van der Waals surface area contributed by atoms with E-state index in [1.165, 1.54) is 0 Å². The Morgan fingerprint density at radius 2 is 1.90 bits per heavy atom. The molecule has 0 bridgehead atoms. The number of rotatable bonds is 9. The number of hydrogen-bond donors (Lipinski definition) is 0. The standard InChI is InChI=1S/C30H36N6O3/c1-20(2)16-28(39-19-37)36(30(38)24-8-6-21(3)7-9-24)29-22(4)18-35(33-29)25-12-10-23(11-13-25)26-17-27-31-14-5-15-34(27)32-26/h5,10-15,17-21,24,28H,6-9,16H2,1-4H3. The van der Waals surface area contributed by atoms with E-state index in [0.29, 0.717) is 24.6 Å². The number of carbonyl (C=O) groups is 2. The molecule has 3 heterocycles. The third-order valence-electron chi connectivity index (χ3n) is 7.54. The normalized spacial score (nSPS) is 18.3. The van der Waals surface area contributed by atoms with Gasteiger partial charge in [-0.05, 0) is 62.6 Å². The van der Waals surface area contributed by atoms with Crippen LogP contribution in [0.25, 0.3) is 22.6 Å². The van der Waals surface area contributed by atoms with Gasteiger partial charge in [0.05, 0.1) is 11.4 Å². The van der Waals surface area contributed by atoms with Crippen molar-refractivity contribution in [1.82, 2.24) is 24.4 Å². The van der Waals surface area contributed by atoms with Gasteiger partial charge in [0, 0.05) is 48.1 Å². The summed E-state index contributed by atoms with van der Waals surface area (Å²) in [5, 5.41) is 9.46. The molecular formula is C30H36N6O3. The molecule has 1 aliphatic carbocycles. The van der Waals surface area contributed by atoms with Gasteiger partial charge in [0.25, 0.3) is 6.47 Å². The van der Waals surface area contributed by atoms with E-state index in [1.54, 1.807) is 20.3 Å². The highest BCUT2D eigenvalue weighted by Gasteiger charge is 2.36. The van der Waals surface area contributed by atoms with Crippen LogP contribution in [0.1, 0.15) is 58.4 Å². The molecule has 1 aliphatic rings. The minimum atomic E-state index is -0.706. The highest BCUT2D eigenvalue weighted by Crippen LogP contribution is 2.34. The molecule has 0 spiro atoms. The van der Waals surface area contributed by atoms with Crippen molar-refractivity contribution < 1.29 is 14.3 Å². The summed E-state index contributed by atoms with van der Waals surface area (Å²) < 4.78 is 9.05. The lowest BCUT2D eigenvalue weighted by Gasteiger charge is -2.34. The van der Waals surface area contributed by atoms with Gasteiger partial charge in [0.1, 0.15) is 0 Å². The predicted molar refractivity (Wildman–Crippen MR) is 149 cm³/mol. The summed E-state index contributed by atoms with van der Waals surface area (Å²) in [5.41, 5.74) is 4.28. The van der Waals surface area contributed by atoms with Gasteiger partial charge in [-0.2, -0.15) is 5.10 Å². The Bertz CT molecular complexity index is 1400. The first-order chi connectivity index (χ1) is 18.8. The van der Waals surface area contributed by atoms with Crippen LogP contribution in [0.5, 0.6) is 0 Å². The summed E-state index contributed by atoms with van der Waals surface area (Å²) in [5.74, 6) is 1.26. The van der Waals surface area contributed by atoms with Gasteiger partial charge >= 0.3 is 0 Å². The third-order valence-corrected chi connectivity index (χ3v) is 7.54. The molecule has 0 saturated heterocycles. The van der Waals surface area contributed by atoms with E-state index in [9.17, 15) is 9.59 Å². The van der Waals surface area contributed by atoms with E-state index in [2.05, 4.69) is 30.9 Å². The fourth-order valence-electron chi connectivity index (χ4n) is 5.35. The number of fused-ring (bicyclic) bond motifs is 1. The van der Waals surface area contributed by atoms with Crippen LogP contribution in [0, 0.1) is 24.7 Å². The third kappa shape index (κ3) is 5.72. The van der Waals surface area contributed by atoms with Gasteiger partial charge in [-0.3, -0.25) is 14.5 Å². The molecule has 1 fully saturated rings. The molecule has 0 aliphatic heterocycles. The lowest BCUT2D eigenvalue weighted by atomic mass is 9.82. The van der Waals surface area contributed by atoms with E-state index in [4.69, 9.17) is 9.84 Å². The van der Waals surface area contributed by atoms with E-state index < -0.39 is 6.23 Å². The van der Waals surface area contributed by atoms with Crippen molar-refractivity contribution in [2.24, 2.45) is 17.8 Å². The Morgan fingerprint density at radius 3 is 2.56 bits per heavy atom. The summed E-state index contributed by atoms with van der Waals surface area (Å²) in [7, 11) is 0. The Morgan fingerprint density at radius 1 is 1.15 bits per heavy atom. The number of carbonyl (C=O) groups excluding carboxylic acids is 2. The maximum absolute atomic E-state index is 13.9. The van der Waals surface area contributed by atoms with Crippen molar-refractivity contribution >= 4 is 23.8 Å². The van der Waals surface area contributed by atoms with Crippen molar-refractivity contribution in [2.75, 3.05) is 4.90 Å². The van der Waals surface area contributed by atoms with Gasteiger partial charge in [-0.25, -0.2) is 14.2 Å². The summed E-state index contributed by atoms with van der Waals surface area (Å²) in [6.07, 6.45) is 9.08. The molecule has 39 heavy (non-hydrogen) atoms. The maximum Gasteiger partial charge on any atom is 0.295 e. The van der Waals surface area contributed by atoms with E-state index in [1.807, 2.05) is 55.7 Å². The molecule has 3 aromatic heterocycles. The molecular weight excluding hydrogens is 492 g/mol. The highest BCUT2D eigenvalue weighted by atomic mass is 16.5. The van der Waals surface area contributed by atoms with Gasteiger partial charge in [-0.1, -0.05) is 32.9 Å². The molecule has 0 radical (unpaired) electrons. The Kier molecular flexibility index (Phi) is 7.77. The van der Waals surface area contributed by atoms with Crippen LogP contribution in [-0.4, -0.2) is 43.0 Å². The summed E-state index contributed by atoms with van der Waals surface area (Å²) in [6.45, 7) is 8.72. The van der Waals surface area contributed by atoms with Crippen molar-refractivity contribution in [3.8, 4) is 16.9 Å². The molecule has 1 amide bonds. The van der Waals surface area contributed by atoms with E-state index >= 15 is 0 Å². The molecule has 1 saturated carbocycles. The van der Waals surface area contributed by atoms with Gasteiger partial charge in [0.15, 0.2) is 17.7 Å². The topological polar surface area (TPSA) is 94.6 Å². The van der Waals surface area contributed by atoms with Crippen LogP contribution in [-0.2, 0) is 14.3 Å². The molecule has 1 atom stereocenters. The quantitative estimate of drug-likeness (QED) is 0.207. The molecule has 9 heteroatoms. The molecule has 0 N–H and O–H groups in total. The number of nitrogens with zero attached hydrogens (tertiary/aromatic N) is 6. The average molecular weight is 529 g/mol. The Labute approximate surface area is 228 Å². The Hall–Kier alpha value is -4.01. The molecule has 9 nitrogen and oxygen atoms in total. The average Bonchev–Trinajstić information content (AvgIpc) is 3.53. The summed E-state index contributed by atoms with van der Waals surface area (Å²) in [6, 6.07) is 11.7. The maximum atomic E-state index is 13.9. The summed E-state index contributed by atoms with van der Waals surface area (Å²) >= 11 is 0. The number of benzene rings is 1. The summed E-state index contributed by atoms with van der Waals surface area (Å²) in [4.78, 5) is 31.4. The van der Waals surface area contributed by atoms with Crippen molar-refractivity contribution in [2.45, 2.75) is 66.0 Å². The van der Waals surface area contributed by atoms with Crippen LogP contribution in [0.4, 0.5) is 5.82 Å². The SMILES string of the molecule is Cc1cn(-c2ccc(-c3cc4ncccn4n3)cc2)nc1N(C(=O)C1CCC(C)CC1)C(CC(C)C)OC=O. The van der Waals surface area contributed by atoms with Gasteiger partial charge < -0.3 is 4.74 Å². The highest BCUT2D eigenvalue weighted by molar-refractivity contribution is 5.95. The zero-order valence-corrected chi connectivity index (χ0v) is 23.0. The minimum absolute atomic E-state index is 0.0152. The molecule has 5 rings (SSSR count). The first-order valence-corrected chi connectivity index (χ1v) is 13.7. The largest absolute Gasteiger partial charge is 0.443 e. The van der Waals surface area contributed by atoms with Crippen LogP contribution in [0.3, 0.4) is 0 Å². The molecule has 204 valence electrons. The zero-order chi connectivity index (χ0) is 27.5. The monoisotopic (exact) mass is 528 g/mol. The zero-order valence-electron chi connectivity index (χ0n) is 23.0. The van der Waals surface area contributed by atoms with Crippen LogP contribution >= 0.6 is 0 Å². The minimum Gasteiger partial charge on any atom is -0.443 e.